The van der Waals surface area contributed by atoms with Gasteiger partial charge in [0.2, 0.25) is 0 Å². The summed E-state index contributed by atoms with van der Waals surface area (Å²) >= 11 is 9.23. The first-order valence-electron chi connectivity index (χ1n) is 5.76. The summed E-state index contributed by atoms with van der Waals surface area (Å²) in [6.45, 7) is 1.77. The Kier molecular flexibility index (Phi) is 4.53. The maximum absolute atomic E-state index is 12.3. The fourth-order valence-electron chi connectivity index (χ4n) is 1.83. The second-order valence-corrected chi connectivity index (χ2v) is 7.27. The van der Waals surface area contributed by atoms with E-state index in [1.54, 1.807) is 6.92 Å². The molecule has 1 aromatic heterocycles. The van der Waals surface area contributed by atoms with E-state index in [0.29, 0.717) is 0 Å². The minimum absolute atomic E-state index is 0.0407. The number of aromatic nitrogens is 2. The molecule has 1 heterocycles. The normalized spacial score (nSPS) is 13.4. The summed E-state index contributed by atoms with van der Waals surface area (Å²) in [6, 6.07) is 7.05. The van der Waals surface area contributed by atoms with Crippen molar-refractivity contribution in [3.63, 3.8) is 0 Å². The van der Waals surface area contributed by atoms with Crippen LogP contribution in [-0.4, -0.2) is 18.2 Å². The lowest BCUT2D eigenvalue weighted by Gasteiger charge is -2.15. The quantitative estimate of drug-likeness (QED) is 0.890. The molecule has 2 rings (SSSR count). The first kappa shape index (κ1) is 15.5. The lowest BCUT2D eigenvalue weighted by atomic mass is 10.1. The summed E-state index contributed by atoms with van der Waals surface area (Å²) in [7, 11) is -2.20. The van der Waals surface area contributed by atoms with Crippen molar-refractivity contribution in [2.75, 3.05) is 0 Å². The molecule has 0 radical (unpaired) electrons. The molecule has 0 bridgehead atoms. The highest BCUT2D eigenvalue weighted by molar-refractivity contribution is 9.10. The Hall–Kier alpha value is -0.890. The van der Waals surface area contributed by atoms with E-state index < -0.39 is 10.0 Å². The Morgan fingerprint density at radius 3 is 2.70 bits per heavy atom. The molecule has 1 N–H and O–H groups in total. The van der Waals surface area contributed by atoms with E-state index in [0.717, 1.165) is 10.0 Å². The van der Waals surface area contributed by atoms with Gasteiger partial charge in [-0.1, -0.05) is 39.7 Å². The van der Waals surface area contributed by atoms with Crippen molar-refractivity contribution in [3.8, 4) is 0 Å². The number of nitrogens with one attached hydrogen (secondary N) is 1. The van der Waals surface area contributed by atoms with Gasteiger partial charge in [0.25, 0.3) is 10.0 Å². The SMILES string of the molecule is CC(NS(=O)(=O)c1c(Cl)cnn1C)c1cccc(Br)c1. The van der Waals surface area contributed by atoms with Gasteiger partial charge >= 0.3 is 0 Å². The number of hydrogen-bond acceptors (Lipinski definition) is 3. The summed E-state index contributed by atoms with van der Waals surface area (Å²) in [5.41, 5.74) is 0.848. The highest BCUT2D eigenvalue weighted by atomic mass is 79.9. The van der Waals surface area contributed by atoms with Gasteiger partial charge in [-0.2, -0.15) is 5.10 Å². The maximum atomic E-state index is 12.3. The molecule has 0 aliphatic heterocycles. The Morgan fingerprint density at radius 2 is 2.15 bits per heavy atom. The lowest BCUT2D eigenvalue weighted by Crippen LogP contribution is -2.28. The van der Waals surface area contributed by atoms with Crippen molar-refractivity contribution < 1.29 is 8.42 Å². The van der Waals surface area contributed by atoms with Crippen LogP contribution >= 0.6 is 27.5 Å². The van der Waals surface area contributed by atoms with Crippen LogP contribution in [0.15, 0.2) is 40.0 Å². The van der Waals surface area contributed by atoms with Crippen molar-refractivity contribution in [2.24, 2.45) is 7.05 Å². The van der Waals surface area contributed by atoms with Crippen LogP contribution in [0.3, 0.4) is 0 Å². The van der Waals surface area contributed by atoms with E-state index in [9.17, 15) is 8.42 Å². The maximum Gasteiger partial charge on any atom is 0.259 e. The summed E-state index contributed by atoms with van der Waals surface area (Å²) in [5, 5.41) is 3.89. The highest BCUT2D eigenvalue weighted by Crippen LogP contribution is 2.23. The van der Waals surface area contributed by atoms with E-state index in [4.69, 9.17) is 11.6 Å². The van der Waals surface area contributed by atoms with Gasteiger partial charge in [-0.05, 0) is 24.6 Å². The number of aryl methyl sites for hydroxylation is 1. The monoisotopic (exact) mass is 377 g/mol. The molecule has 0 amide bonds. The zero-order valence-corrected chi connectivity index (χ0v) is 14.0. The number of nitrogens with zero attached hydrogens (tertiary/aromatic N) is 2. The van der Waals surface area contributed by atoms with Crippen LogP contribution in [0.2, 0.25) is 5.02 Å². The third-order valence-corrected chi connectivity index (χ3v) is 5.32. The van der Waals surface area contributed by atoms with Crippen molar-refractivity contribution in [1.82, 2.24) is 14.5 Å². The fraction of sp³-hybridized carbons (Fsp3) is 0.250. The molecule has 0 aliphatic carbocycles. The first-order chi connectivity index (χ1) is 9.31. The number of hydrogen-bond donors (Lipinski definition) is 1. The summed E-state index contributed by atoms with van der Waals surface area (Å²) in [6.07, 6.45) is 1.31. The predicted molar refractivity (Wildman–Crippen MR) is 81.1 cm³/mol. The molecule has 0 spiro atoms. The largest absolute Gasteiger partial charge is 0.259 e. The van der Waals surface area contributed by atoms with Gasteiger partial charge in [-0.3, -0.25) is 4.68 Å². The average molecular weight is 379 g/mol. The second kappa shape index (κ2) is 5.85. The van der Waals surface area contributed by atoms with E-state index in [1.807, 2.05) is 24.3 Å². The van der Waals surface area contributed by atoms with Gasteiger partial charge in [-0.25, -0.2) is 13.1 Å². The molecule has 0 aliphatic rings. The summed E-state index contributed by atoms with van der Waals surface area (Å²) in [5.74, 6) is 0. The lowest BCUT2D eigenvalue weighted by molar-refractivity contribution is 0.550. The molecule has 5 nitrogen and oxygen atoms in total. The van der Waals surface area contributed by atoms with E-state index in [-0.39, 0.29) is 16.1 Å². The van der Waals surface area contributed by atoms with Gasteiger partial charge in [0, 0.05) is 17.6 Å². The zero-order chi connectivity index (χ0) is 14.9. The second-order valence-electron chi connectivity index (χ2n) is 4.32. The summed E-state index contributed by atoms with van der Waals surface area (Å²) in [4.78, 5) is 0. The van der Waals surface area contributed by atoms with Crippen molar-refractivity contribution in [1.29, 1.82) is 0 Å². The third-order valence-electron chi connectivity index (χ3n) is 2.78. The molecule has 1 unspecified atom stereocenters. The van der Waals surface area contributed by atoms with E-state index in [2.05, 4.69) is 25.8 Å². The molecule has 0 fully saturated rings. The Morgan fingerprint density at radius 1 is 1.45 bits per heavy atom. The smallest absolute Gasteiger partial charge is 0.255 e. The van der Waals surface area contributed by atoms with Gasteiger partial charge in [0.05, 0.1) is 11.2 Å². The Labute approximate surface area is 131 Å². The fourth-order valence-corrected chi connectivity index (χ4v) is 4.14. The van der Waals surface area contributed by atoms with Crippen LogP contribution < -0.4 is 4.72 Å². The molecule has 2 aromatic rings. The topological polar surface area (TPSA) is 64.0 Å². The molecule has 8 heteroatoms. The molecule has 20 heavy (non-hydrogen) atoms. The molecular formula is C12H13BrClN3O2S. The van der Waals surface area contributed by atoms with Gasteiger partial charge in [-0.15, -0.1) is 0 Å². The number of benzene rings is 1. The number of halogens is 2. The minimum atomic E-state index is -3.74. The molecular weight excluding hydrogens is 366 g/mol. The Bertz CT molecular complexity index is 711. The van der Waals surface area contributed by atoms with Crippen molar-refractivity contribution in [2.45, 2.75) is 18.0 Å². The van der Waals surface area contributed by atoms with Crippen LogP contribution in [0.25, 0.3) is 0 Å². The first-order valence-corrected chi connectivity index (χ1v) is 8.42. The molecule has 1 aromatic carbocycles. The van der Waals surface area contributed by atoms with Crippen LogP contribution in [-0.2, 0) is 17.1 Å². The van der Waals surface area contributed by atoms with Crippen LogP contribution in [0.1, 0.15) is 18.5 Å². The van der Waals surface area contributed by atoms with Gasteiger partial charge < -0.3 is 0 Å². The predicted octanol–water partition coefficient (Wildman–Crippen LogP) is 2.88. The van der Waals surface area contributed by atoms with Crippen LogP contribution in [0.5, 0.6) is 0 Å². The van der Waals surface area contributed by atoms with Crippen LogP contribution in [0, 0.1) is 0 Å². The third kappa shape index (κ3) is 3.22. The van der Waals surface area contributed by atoms with Crippen molar-refractivity contribution >= 4 is 37.6 Å². The average Bonchev–Trinajstić information content (AvgIpc) is 2.69. The van der Waals surface area contributed by atoms with Crippen molar-refractivity contribution in [3.05, 3.63) is 45.5 Å². The zero-order valence-electron chi connectivity index (χ0n) is 10.8. The van der Waals surface area contributed by atoms with E-state index in [1.165, 1.54) is 17.9 Å². The minimum Gasteiger partial charge on any atom is -0.255 e. The molecule has 108 valence electrons. The number of sulfonamides is 1. The molecule has 0 saturated heterocycles. The van der Waals surface area contributed by atoms with Gasteiger partial charge in [0.1, 0.15) is 0 Å². The standard InChI is InChI=1S/C12H13BrClN3O2S/c1-8(9-4-3-5-10(13)6-9)16-20(18,19)12-11(14)7-15-17(12)2/h3-8,16H,1-2H3. The highest BCUT2D eigenvalue weighted by Gasteiger charge is 2.25. The molecule has 1 atom stereocenters. The van der Waals surface area contributed by atoms with Crippen LogP contribution in [0.4, 0.5) is 0 Å². The molecule has 0 saturated carbocycles. The Balaban J connectivity index is 2.29. The number of rotatable bonds is 4. The summed E-state index contributed by atoms with van der Waals surface area (Å²) < 4.78 is 29.4. The van der Waals surface area contributed by atoms with E-state index >= 15 is 0 Å². The van der Waals surface area contributed by atoms with Gasteiger partial charge in [0.15, 0.2) is 5.03 Å².